The zero-order chi connectivity index (χ0) is 36.6. The first-order valence-corrected chi connectivity index (χ1v) is 18.3. The number of hydrogen-bond acceptors (Lipinski definition) is 2. The summed E-state index contributed by atoms with van der Waals surface area (Å²) in [7, 11) is 0. The molecule has 11 rings (SSSR count). The molecule has 0 spiro atoms. The van der Waals surface area contributed by atoms with Gasteiger partial charge in [-0.15, -0.1) is 0 Å². The van der Waals surface area contributed by atoms with Crippen LogP contribution in [0.1, 0.15) is 0 Å². The number of fused-ring (bicyclic) bond motifs is 5. The van der Waals surface area contributed by atoms with Crippen LogP contribution in [0.15, 0.2) is 176 Å². The fraction of sp³-hybridized carbons (Fsp3) is 0. The van der Waals surface area contributed by atoms with E-state index < -0.39 is 0 Å². The Balaban J connectivity index is 1.20. The van der Waals surface area contributed by atoms with Gasteiger partial charge in [-0.25, -0.2) is 18.7 Å². The van der Waals surface area contributed by atoms with Crippen molar-refractivity contribution in [3.8, 4) is 56.2 Å². The second kappa shape index (κ2) is 12.2. The molecule has 0 amide bonds. The highest BCUT2D eigenvalue weighted by Gasteiger charge is 2.22. The molecule has 0 radical (unpaired) electrons. The predicted molar refractivity (Wildman–Crippen MR) is 221 cm³/mol. The van der Waals surface area contributed by atoms with E-state index in [0.29, 0.717) is 5.82 Å². The lowest BCUT2D eigenvalue weighted by Crippen LogP contribution is -1.98. The van der Waals surface area contributed by atoms with Crippen molar-refractivity contribution in [2.24, 2.45) is 0 Å². The summed E-state index contributed by atoms with van der Waals surface area (Å²) in [4.78, 5) is 10.6. The molecule has 0 unspecified atom stereocenters. The molecule has 55 heavy (non-hydrogen) atoms. The quantitative estimate of drug-likeness (QED) is 0.132. The highest BCUT2D eigenvalue weighted by atomic mass is 19.1. The topological polar surface area (TPSA) is 30.2 Å². The number of para-hydroxylation sites is 2. The molecule has 3 heterocycles. The van der Waals surface area contributed by atoms with Gasteiger partial charge in [-0.1, -0.05) is 140 Å². The predicted octanol–water partition coefficient (Wildman–Crippen LogP) is 13.4. The van der Waals surface area contributed by atoms with E-state index in [1.165, 1.54) is 56.7 Å². The lowest BCUT2D eigenvalue weighted by Gasteiger charge is -2.15. The highest BCUT2D eigenvalue weighted by molar-refractivity contribution is 6.28. The van der Waals surface area contributed by atoms with Gasteiger partial charge < -0.3 is 4.40 Å². The minimum atomic E-state index is -0.282. The van der Waals surface area contributed by atoms with Crippen molar-refractivity contribution in [1.29, 1.82) is 0 Å². The van der Waals surface area contributed by atoms with Gasteiger partial charge in [-0.3, -0.25) is 0 Å². The maximum atomic E-state index is 14.1. The molecule has 0 aliphatic rings. The largest absolute Gasteiger partial charge is 0.307 e. The third kappa shape index (κ3) is 4.94. The van der Waals surface area contributed by atoms with Crippen LogP contribution in [-0.4, -0.2) is 14.4 Å². The maximum absolute atomic E-state index is 14.1. The normalized spacial score (nSPS) is 11.8. The molecule has 0 N–H and O–H groups in total. The van der Waals surface area contributed by atoms with E-state index in [0.717, 1.165) is 66.8 Å². The van der Waals surface area contributed by atoms with Crippen LogP contribution >= 0.6 is 0 Å². The van der Waals surface area contributed by atoms with Crippen LogP contribution in [0.5, 0.6) is 0 Å². The minimum absolute atomic E-state index is 0.267. The van der Waals surface area contributed by atoms with Crippen molar-refractivity contribution in [3.05, 3.63) is 188 Å². The first kappa shape index (κ1) is 31.3. The first-order valence-electron chi connectivity index (χ1n) is 18.3. The summed E-state index contributed by atoms with van der Waals surface area (Å²) in [5, 5.41) is 7.22. The maximum Gasteiger partial charge on any atom is 0.160 e. The number of benzene rings is 8. The SMILES string of the molecule is Fc1ccc(-c2ccc(-c3nc(-c4ccccc4-c4ccc(F)cc4)cc(-c4cccc5c6cccc7c8cccc9cccc(c98)n(c45)c76)n3)cc2)cc1. The fourth-order valence-corrected chi connectivity index (χ4v) is 8.41. The molecule has 5 heteroatoms. The molecule has 0 fully saturated rings. The summed E-state index contributed by atoms with van der Waals surface area (Å²) < 4.78 is 30.2. The van der Waals surface area contributed by atoms with Crippen molar-refractivity contribution in [1.82, 2.24) is 14.4 Å². The summed E-state index contributed by atoms with van der Waals surface area (Å²) in [6.07, 6.45) is 0. The van der Waals surface area contributed by atoms with Crippen LogP contribution < -0.4 is 0 Å². The van der Waals surface area contributed by atoms with Crippen LogP contribution in [0.4, 0.5) is 8.78 Å². The smallest absolute Gasteiger partial charge is 0.160 e. The van der Waals surface area contributed by atoms with E-state index >= 15 is 0 Å². The van der Waals surface area contributed by atoms with E-state index in [4.69, 9.17) is 9.97 Å². The van der Waals surface area contributed by atoms with Crippen molar-refractivity contribution < 1.29 is 8.78 Å². The number of nitrogens with zero attached hydrogens (tertiary/aromatic N) is 3. The van der Waals surface area contributed by atoms with Crippen LogP contribution in [0, 0.1) is 11.6 Å². The Morgan fingerprint density at radius 3 is 1.58 bits per heavy atom. The van der Waals surface area contributed by atoms with Gasteiger partial charge in [-0.05, 0) is 69.4 Å². The molecule has 0 bridgehead atoms. The first-order chi connectivity index (χ1) is 27.1. The lowest BCUT2D eigenvalue weighted by molar-refractivity contribution is 0.627. The molecule has 258 valence electrons. The zero-order valence-electron chi connectivity index (χ0n) is 29.3. The fourth-order valence-electron chi connectivity index (χ4n) is 8.41. The standard InChI is InChI=1S/C50H29F2N3/c51-35-25-21-31(22-26-35)30-17-19-34(20-18-30)50-53-44(38-10-2-1-9-37(38)32-23-27-36(52)28-24-32)29-45(54-50)43-15-6-14-42-41-13-5-12-40-39-11-3-7-33-8-4-16-46(47(33)39)55(48(40)41)49(42)43/h1-29H. The molecule has 0 atom stereocenters. The van der Waals surface area contributed by atoms with E-state index in [1.54, 1.807) is 24.3 Å². The van der Waals surface area contributed by atoms with Gasteiger partial charge in [0, 0.05) is 38.2 Å². The van der Waals surface area contributed by atoms with Gasteiger partial charge in [0.25, 0.3) is 0 Å². The Morgan fingerprint density at radius 2 is 0.873 bits per heavy atom. The van der Waals surface area contributed by atoms with Gasteiger partial charge >= 0.3 is 0 Å². The molecule has 0 aliphatic carbocycles. The zero-order valence-corrected chi connectivity index (χ0v) is 29.3. The molecule has 0 saturated carbocycles. The van der Waals surface area contributed by atoms with E-state index in [2.05, 4.69) is 89.3 Å². The van der Waals surface area contributed by atoms with E-state index in [9.17, 15) is 8.78 Å². The van der Waals surface area contributed by atoms with Crippen molar-refractivity contribution in [2.75, 3.05) is 0 Å². The lowest BCUT2D eigenvalue weighted by atomic mass is 9.96. The second-order valence-electron chi connectivity index (χ2n) is 14.0. The Hall–Kier alpha value is -7.24. The number of rotatable bonds is 5. The molecular weight excluding hydrogens is 681 g/mol. The molecule has 11 aromatic rings. The van der Waals surface area contributed by atoms with Crippen molar-refractivity contribution in [2.45, 2.75) is 0 Å². The number of pyridine rings is 1. The Bertz CT molecular complexity index is 3250. The third-order valence-electron chi connectivity index (χ3n) is 10.9. The van der Waals surface area contributed by atoms with Gasteiger partial charge in [0.1, 0.15) is 11.6 Å². The molecule has 8 aromatic carbocycles. The van der Waals surface area contributed by atoms with Gasteiger partial charge in [-0.2, -0.15) is 0 Å². The van der Waals surface area contributed by atoms with E-state index in [1.807, 2.05) is 42.5 Å². The van der Waals surface area contributed by atoms with Crippen LogP contribution in [0.3, 0.4) is 0 Å². The number of aromatic nitrogens is 3. The van der Waals surface area contributed by atoms with Gasteiger partial charge in [0.05, 0.1) is 27.9 Å². The number of hydrogen-bond donors (Lipinski definition) is 0. The molecule has 0 saturated heterocycles. The van der Waals surface area contributed by atoms with Crippen LogP contribution in [-0.2, 0) is 0 Å². The summed E-state index contributed by atoms with van der Waals surface area (Å²) in [6.45, 7) is 0. The Morgan fingerprint density at radius 1 is 0.382 bits per heavy atom. The van der Waals surface area contributed by atoms with Gasteiger partial charge in [0.15, 0.2) is 5.82 Å². The summed E-state index contributed by atoms with van der Waals surface area (Å²) in [5.41, 5.74) is 11.4. The summed E-state index contributed by atoms with van der Waals surface area (Å²) in [6, 6.07) is 57.5. The molecular formula is C50H29F2N3. The summed E-state index contributed by atoms with van der Waals surface area (Å²) in [5.74, 6) is 0.0261. The van der Waals surface area contributed by atoms with E-state index in [-0.39, 0.29) is 11.6 Å². The number of halogens is 2. The van der Waals surface area contributed by atoms with Crippen LogP contribution in [0.25, 0.3) is 105 Å². The Kier molecular flexibility index (Phi) is 6.92. The Labute approximate surface area is 314 Å². The monoisotopic (exact) mass is 709 g/mol. The average molecular weight is 710 g/mol. The van der Waals surface area contributed by atoms with Gasteiger partial charge in [0.2, 0.25) is 0 Å². The minimum Gasteiger partial charge on any atom is -0.307 e. The summed E-state index contributed by atoms with van der Waals surface area (Å²) >= 11 is 0. The molecule has 0 aliphatic heterocycles. The molecule has 3 nitrogen and oxygen atoms in total. The third-order valence-corrected chi connectivity index (χ3v) is 10.9. The van der Waals surface area contributed by atoms with Crippen LogP contribution in [0.2, 0.25) is 0 Å². The van der Waals surface area contributed by atoms with Crippen molar-refractivity contribution >= 4 is 48.9 Å². The highest BCUT2D eigenvalue weighted by Crippen LogP contribution is 2.44. The molecule has 3 aromatic heterocycles. The van der Waals surface area contributed by atoms with Crippen molar-refractivity contribution in [3.63, 3.8) is 0 Å². The second-order valence-corrected chi connectivity index (χ2v) is 14.0. The average Bonchev–Trinajstić information content (AvgIpc) is 3.59.